The highest BCUT2D eigenvalue weighted by Crippen LogP contribution is 2.20. The molecule has 2 N–H and O–H groups in total. The maximum atomic E-state index is 12.0. The Labute approximate surface area is 167 Å². The van der Waals surface area contributed by atoms with Crippen LogP contribution in [0.15, 0.2) is 11.2 Å². The van der Waals surface area contributed by atoms with Gasteiger partial charge in [0.15, 0.2) is 5.84 Å². The summed E-state index contributed by atoms with van der Waals surface area (Å²) in [5.41, 5.74) is -0.366. The van der Waals surface area contributed by atoms with Gasteiger partial charge in [0.1, 0.15) is 10.7 Å². The first kappa shape index (κ1) is 21.8. The fourth-order valence-corrected chi connectivity index (χ4v) is 5.53. The molecule has 1 aromatic heterocycles. The molecule has 150 valence electrons. The lowest BCUT2D eigenvalue weighted by atomic mass is 10.2. The molecular formula is C15H23N5O4S3. The molecule has 2 heterocycles. The first-order valence-electron chi connectivity index (χ1n) is 8.22. The van der Waals surface area contributed by atoms with Gasteiger partial charge in [-0.1, -0.05) is 0 Å². The molecule has 1 aromatic rings. The highest BCUT2D eigenvalue weighted by molar-refractivity contribution is 7.98. The Morgan fingerprint density at radius 2 is 2.26 bits per heavy atom. The lowest BCUT2D eigenvalue weighted by Crippen LogP contribution is -2.35. The molecular weight excluding hydrogens is 410 g/mol. The Hall–Kier alpha value is -1.50. The van der Waals surface area contributed by atoms with E-state index in [1.807, 2.05) is 20.3 Å². The van der Waals surface area contributed by atoms with Gasteiger partial charge in [0.25, 0.3) is 10.0 Å². The number of carbonyl (C=O) groups is 1. The zero-order valence-corrected chi connectivity index (χ0v) is 17.8. The number of rotatable bonds is 9. The van der Waals surface area contributed by atoms with Crippen LogP contribution in [0.1, 0.15) is 16.8 Å². The number of thiazole rings is 1. The number of nitrogens with one attached hydrogen (secondary N) is 2. The predicted molar refractivity (Wildman–Crippen MR) is 108 cm³/mol. The van der Waals surface area contributed by atoms with Crippen LogP contribution < -0.4 is 4.72 Å². The number of esters is 1. The first-order valence-corrected chi connectivity index (χ1v) is 11.7. The molecule has 0 amide bonds. The lowest BCUT2D eigenvalue weighted by molar-refractivity contribution is -0.141. The van der Waals surface area contributed by atoms with Gasteiger partial charge in [0.05, 0.1) is 13.2 Å². The van der Waals surface area contributed by atoms with Crippen molar-refractivity contribution in [1.82, 2.24) is 14.6 Å². The van der Waals surface area contributed by atoms with Crippen LogP contribution in [0, 0.1) is 5.41 Å². The summed E-state index contributed by atoms with van der Waals surface area (Å²) >= 11 is 3.31. The van der Waals surface area contributed by atoms with E-state index in [2.05, 4.69) is 19.6 Å². The average molecular weight is 434 g/mol. The second-order valence-corrected chi connectivity index (χ2v) is 10.0. The lowest BCUT2D eigenvalue weighted by Gasteiger charge is -2.06. The van der Waals surface area contributed by atoms with Crippen LogP contribution in [0.25, 0.3) is 0 Å². The molecule has 27 heavy (non-hydrogen) atoms. The van der Waals surface area contributed by atoms with Gasteiger partial charge in [-0.05, 0) is 21.0 Å². The Balaban J connectivity index is 1.83. The van der Waals surface area contributed by atoms with Crippen LogP contribution in [0.2, 0.25) is 0 Å². The Kier molecular flexibility index (Phi) is 7.77. The summed E-state index contributed by atoms with van der Waals surface area (Å²) in [5, 5.41) is 7.33. The maximum Gasteiger partial charge on any atom is 0.332 e. The fraction of sp³-hybridized carbons (Fsp3) is 0.600. The standard InChI is InChI=1S/C15H23N5O4S3/c1-4-24-15(21)13-12(16)14(19-27(13,22)23)17-5-6-25-9-10-7-18-11(26-10)8-20(2)3/h7,13,16H,4-6,8-9H2,1-3H3,(H,17,19). The second-order valence-electron chi connectivity index (χ2n) is 5.93. The molecule has 0 aromatic carbocycles. The number of amidine groups is 1. The quantitative estimate of drug-likeness (QED) is 0.434. The third-order valence-corrected chi connectivity index (χ3v) is 7.05. The molecule has 0 bridgehead atoms. The van der Waals surface area contributed by atoms with Gasteiger partial charge in [-0.25, -0.2) is 13.4 Å². The summed E-state index contributed by atoms with van der Waals surface area (Å²) in [4.78, 5) is 23.5. The van der Waals surface area contributed by atoms with E-state index in [-0.39, 0.29) is 18.2 Å². The number of sulfonamides is 1. The van der Waals surface area contributed by atoms with Crippen molar-refractivity contribution in [3.05, 3.63) is 16.1 Å². The molecule has 0 spiro atoms. The molecule has 1 aliphatic heterocycles. The third-order valence-electron chi connectivity index (χ3n) is 3.37. The molecule has 1 fully saturated rings. The van der Waals surface area contributed by atoms with Crippen LogP contribution in [0.4, 0.5) is 0 Å². The molecule has 1 aliphatic rings. The summed E-state index contributed by atoms with van der Waals surface area (Å²) in [5.74, 6) is 0.418. The number of aromatic nitrogens is 1. The van der Waals surface area contributed by atoms with Crippen molar-refractivity contribution in [1.29, 1.82) is 5.41 Å². The largest absolute Gasteiger partial charge is 0.465 e. The second kappa shape index (κ2) is 9.62. The molecule has 12 heteroatoms. The van der Waals surface area contributed by atoms with Crippen LogP contribution in [0.5, 0.6) is 0 Å². The number of ether oxygens (including phenoxy) is 1. The highest BCUT2D eigenvalue weighted by Gasteiger charge is 2.47. The molecule has 1 atom stereocenters. The van der Waals surface area contributed by atoms with Crippen LogP contribution in [-0.4, -0.2) is 74.1 Å². The average Bonchev–Trinajstić information content (AvgIpc) is 3.08. The summed E-state index contributed by atoms with van der Waals surface area (Å²) in [6.45, 7) is 2.78. The van der Waals surface area contributed by atoms with Crippen LogP contribution in [0.3, 0.4) is 0 Å². The summed E-state index contributed by atoms with van der Waals surface area (Å²) in [6.07, 6.45) is 1.87. The fourth-order valence-electron chi connectivity index (χ4n) is 2.26. The Morgan fingerprint density at radius 3 is 2.93 bits per heavy atom. The van der Waals surface area contributed by atoms with E-state index in [1.165, 1.54) is 4.88 Å². The van der Waals surface area contributed by atoms with Crippen molar-refractivity contribution >= 4 is 50.6 Å². The number of carbonyl (C=O) groups excluding carboxylic acids is 1. The minimum atomic E-state index is -4.00. The minimum absolute atomic E-state index is 0.0507. The van der Waals surface area contributed by atoms with Crippen molar-refractivity contribution in [2.75, 3.05) is 33.0 Å². The number of thioether (sulfide) groups is 1. The van der Waals surface area contributed by atoms with Crippen molar-refractivity contribution in [3.63, 3.8) is 0 Å². The third kappa shape index (κ3) is 5.99. The molecule has 2 rings (SSSR count). The van der Waals surface area contributed by atoms with Gasteiger partial charge < -0.3 is 9.64 Å². The molecule has 9 nitrogen and oxygen atoms in total. The van der Waals surface area contributed by atoms with E-state index >= 15 is 0 Å². The van der Waals surface area contributed by atoms with Gasteiger partial charge in [0, 0.05) is 29.1 Å². The van der Waals surface area contributed by atoms with Crippen LogP contribution in [-0.2, 0) is 31.9 Å². The van der Waals surface area contributed by atoms with E-state index in [1.54, 1.807) is 30.0 Å². The molecule has 0 radical (unpaired) electrons. The SMILES string of the molecule is CCOC(=O)C1C(=N)C(=NCCSCc2cnc(CN(C)C)s2)NS1(=O)=O. The number of aliphatic imine (C=N–C) groups is 1. The van der Waals surface area contributed by atoms with Gasteiger partial charge in [-0.2, -0.15) is 11.8 Å². The number of hydrogen-bond acceptors (Lipinski definition) is 10. The highest BCUT2D eigenvalue weighted by atomic mass is 32.2. The topological polar surface area (TPSA) is 125 Å². The smallest absolute Gasteiger partial charge is 0.332 e. The van der Waals surface area contributed by atoms with E-state index in [0.717, 1.165) is 17.3 Å². The van der Waals surface area contributed by atoms with Crippen molar-refractivity contribution in [3.8, 4) is 0 Å². The molecule has 0 saturated carbocycles. The summed E-state index contributed by atoms with van der Waals surface area (Å²) < 4.78 is 30.9. The van der Waals surface area contributed by atoms with Crippen LogP contribution >= 0.6 is 23.1 Å². The van der Waals surface area contributed by atoms with E-state index in [4.69, 9.17) is 10.1 Å². The molecule has 1 saturated heterocycles. The first-order chi connectivity index (χ1) is 12.7. The molecule has 1 unspecified atom stereocenters. The van der Waals surface area contributed by atoms with E-state index < -0.39 is 21.2 Å². The predicted octanol–water partition coefficient (Wildman–Crippen LogP) is 0.721. The maximum absolute atomic E-state index is 12.0. The van der Waals surface area contributed by atoms with Gasteiger partial charge in [0.2, 0.25) is 5.25 Å². The summed E-state index contributed by atoms with van der Waals surface area (Å²) in [6, 6.07) is 0. The number of nitrogens with zero attached hydrogens (tertiary/aromatic N) is 3. The summed E-state index contributed by atoms with van der Waals surface area (Å²) in [7, 11) is -0.00434. The normalized spacial score (nSPS) is 20.2. The Bertz CT molecular complexity index is 819. The Morgan fingerprint density at radius 1 is 1.52 bits per heavy atom. The zero-order chi connectivity index (χ0) is 20.0. The van der Waals surface area contributed by atoms with E-state index in [9.17, 15) is 13.2 Å². The minimum Gasteiger partial charge on any atom is -0.465 e. The van der Waals surface area contributed by atoms with Gasteiger partial charge >= 0.3 is 5.97 Å². The van der Waals surface area contributed by atoms with E-state index in [0.29, 0.717) is 12.3 Å². The van der Waals surface area contributed by atoms with Crippen molar-refractivity contribution in [2.45, 2.75) is 24.5 Å². The zero-order valence-electron chi connectivity index (χ0n) is 15.4. The monoisotopic (exact) mass is 433 g/mol. The molecule has 0 aliphatic carbocycles. The van der Waals surface area contributed by atoms with Crippen molar-refractivity contribution in [2.24, 2.45) is 4.99 Å². The number of hydrogen-bond donors (Lipinski definition) is 2. The van der Waals surface area contributed by atoms with Gasteiger partial charge in [-0.3, -0.25) is 19.9 Å². The van der Waals surface area contributed by atoms with Gasteiger partial charge in [-0.15, -0.1) is 11.3 Å². The van der Waals surface area contributed by atoms with Crippen molar-refractivity contribution < 1.29 is 17.9 Å².